The second-order valence-electron chi connectivity index (χ2n) is 9.00. The third kappa shape index (κ3) is 6.07. The molecule has 1 fully saturated rings. The Morgan fingerprint density at radius 1 is 1.11 bits per heavy atom. The summed E-state index contributed by atoms with van der Waals surface area (Å²) in [4.78, 5) is 28.8. The number of amides is 2. The first-order valence-electron chi connectivity index (χ1n) is 11.5. The number of hydrogen-bond acceptors (Lipinski definition) is 5. The molecule has 1 saturated heterocycles. The van der Waals surface area contributed by atoms with Crippen LogP contribution in [-0.2, 0) is 22.4 Å². The van der Waals surface area contributed by atoms with E-state index >= 15 is 0 Å². The van der Waals surface area contributed by atoms with E-state index in [-0.39, 0.29) is 5.11 Å². The molecule has 4 rings (SSSR count). The highest BCUT2D eigenvalue weighted by Gasteiger charge is 2.50. The van der Waals surface area contributed by atoms with Crippen molar-refractivity contribution in [2.24, 2.45) is 0 Å². The largest absolute Gasteiger partial charge is 0.378 e. The minimum absolute atomic E-state index is 0.0779. The average molecular weight is 541 g/mol. The molecule has 1 aliphatic heterocycles. The second kappa shape index (κ2) is 10.8. The maximum Gasteiger partial charge on any atom is 0.287 e. The summed E-state index contributed by atoms with van der Waals surface area (Å²) < 4.78 is 14.5. The molecular weight excluding hydrogens is 515 g/mol. The van der Waals surface area contributed by atoms with Crippen molar-refractivity contribution in [3.8, 4) is 0 Å². The zero-order chi connectivity index (χ0) is 26.7. The van der Waals surface area contributed by atoms with Crippen LogP contribution in [0.1, 0.15) is 17.5 Å². The topological polar surface area (TPSA) is 84.9 Å². The fourth-order valence-corrected chi connectivity index (χ4v) is 4.50. The van der Waals surface area contributed by atoms with E-state index in [1.807, 2.05) is 43.3 Å². The SMILES string of the molecule is CN(C)c1ccc(NC(=O)CC2(O)NC(=S)N(c3ccc(F)c(CCc4ccc(Cl)cc4)c3)C2=O)cc1. The molecule has 0 aliphatic carbocycles. The molecule has 0 radical (unpaired) electrons. The number of aryl methyl sites for hydroxylation is 2. The van der Waals surface area contributed by atoms with Crippen LogP contribution >= 0.6 is 23.8 Å². The number of carbonyl (C=O) groups excluding carboxylic acids is 2. The molecular formula is C27H26ClFN4O3S. The quantitative estimate of drug-likeness (QED) is 0.370. The maximum atomic E-state index is 14.5. The Labute approximate surface area is 224 Å². The predicted octanol–water partition coefficient (Wildman–Crippen LogP) is 4.27. The first-order chi connectivity index (χ1) is 17.6. The zero-order valence-corrected chi connectivity index (χ0v) is 21.9. The number of anilines is 3. The lowest BCUT2D eigenvalue weighted by Crippen LogP contribution is -2.49. The number of rotatable bonds is 8. The Bertz CT molecular complexity index is 1330. The lowest BCUT2D eigenvalue weighted by Gasteiger charge is -2.20. The van der Waals surface area contributed by atoms with Gasteiger partial charge in [-0.05, 0) is 90.8 Å². The fourth-order valence-electron chi connectivity index (χ4n) is 4.02. The third-order valence-electron chi connectivity index (χ3n) is 6.04. The third-order valence-corrected chi connectivity index (χ3v) is 6.58. The summed E-state index contributed by atoms with van der Waals surface area (Å²) in [5.41, 5.74) is 0.913. The lowest BCUT2D eigenvalue weighted by molar-refractivity contribution is -0.140. The number of aliphatic hydroxyl groups is 1. The van der Waals surface area contributed by atoms with E-state index in [0.717, 1.165) is 16.2 Å². The molecule has 37 heavy (non-hydrogen) atoms. The number of nitrogens with zero attached hydrogens (tertiary/aromatic N) is 2. The van der Waals surface area contributed by atoms with Crippen molar-refractivity contribution in [2.45, 2.75) is 25.0 Å². The highest BCUT2D eigenvalue weighted by molar-refractivity contribution is 7.80. The Morgan fingerprint density at radius 2 is 1.78 bits per heavy atom. The summed E-state index contributed by atoms with van der Waals surface area (Å²) in [5, 5.41) is 16.8. The van der Waals surface area contributed by atoms with Gasteiger partial charge in [0.25, 0.3) is 5.91 Å². The van der Waals surface area contributed by atoms with Gasteiger partial charge in [-0.3, -0.25) is 14.5 Å². The van der Waals surface area contributed by atoms with E-state index in [9.17, 15) is 19.1 Å². The summed E-state index contributed by atoms with van der Waals surface area (Å²) in [6.07, 6.45) is 0.374. The molecule has 3 aromatic carbocycles. The molecule has 0 spiro atoms. The molecule has 192 valence electrons. The molecule has 1 unspecified atom stereocenters. The molecule has 10 heteroatoms. The first kappa shape index (κ1) is 26.5. The van der Waals surface area contributed by atoms with E-state index in [4.69, 9.17) is 23.8 Å². The van der Waals surface area contributed by atoms with Crippen LogP contribution in [0.2, 0.25) is 5.02 Å². The maximum absolute atomic E-state index is 14.5. The Balaban J connectivity index is 1.45. The highest BCUT2D eigenvalue weighted by Crippen LogP contribution is 2.28. The van der Waals surface area contributed by atoms with Gasteiger partial charge in [0.2, 0.25) is 11.6 Å². The summed E-state index contributed by atoms with van der Waals surface area (Å²) in [5.74, 6) is -1.81. The van der Waals surface area contributed by atoms with Gasteiger partial charge in [-0.2, -0.15) is 0 Å². The molecule has 0 aromatic heterocycles. The van der Waals surface area contributed by atoms with Crippen molar-refractivity contribution in [3.05, 3.63) is 88.7 Å². The van der Waals surface area contributed by atoms with Gasteiger partial charge in [0.1, 0.15) is 5.82 Å². The summed E-state index contributed by atoms with van der Waals surface area (Å²) in [6, 6.07) is 18.6. The summed E-state index contributed by atoms with van der Waals surface area (Å²) in [7, 11) is 3.80. The van der Waals surface area contributed by atoms with Gasteiger partial charge in [-0.1, -0.05) is 23.7 Å². The van der Waals surface area contributed by atoms with E-state index < -0.39 is 29.8 Å². The van der Waals surface area contributed by atoms with Gasteiger partial charge in [0.15, 0.2) is 5.11 Å². The minimum atomic E-state index is -2.23. The van der Waals surface area contributed by atoms with Crippen LogP contribution in [0.25, 0.3) is 0 Å². The van der Waals surface area contributed by atoms with Gasteiger partial charge in [0.05, 0.1) is 12.1 Å². The number of carbonyl (C=O) groups is 2. The standard InChI is InChI=1S/C27H26ClFN4O3S/c1-32(2)21-11-9-20(10-12-21)30-24(34)16-27(36)25(35)33(26(37)31-27)22-13-14-23(29)18(15-22)6-3-17-4-7-19(28)8-5-17/h4-5,7-15,36H,3,6,16H2,1-2H3,(H,30,34)(H,31,37). The van der Waals surface area contributed by atoms with Crippen LogP contribution in [0.15, 0.2) is 66.7 Å². The molecule has 0 saturated carbocycles. The zero-order valence-electron chi connectivity index (χ0n) is 20.3. The van der Waals surface area contributed by atoms with Crippen LogP contribution in [0.4, 0.5) is 21.5 Å². The van der Waals surface area contributed by atoms with E-state index in [1.54, 1.807) is 24.3 Å². The highest BCUT2D eigenvalue weighted by atomic mass is 35.5. The number of thiocarbonyl (C=S) groups is 1. The van der Waals surface area contributed by atoms with Crippen molar-refractivity contribution in [1.29, 1.82) is 0 Å². The van der Waals surface area contributed by atoms with Gasteiger partial charge in [-0.15, -0.1) is 0 Å². The smallest absolute Gasteiger partial charge is 0.287 e. The number of hydrogen-bond donors (Lipinski definition) is 3. The molecule has 1 aliphatic rings. The fraction of sp³-hybridized carbons (Fsp3) is 0.222. The van der Waals surface area contributed by atoms with E-state index in [1.165, 1.54) is 18.2 Å². The van der Waals surface area contributed by atoms with Crippen LogP contribution in [0.5, 0.6) is 0 Å². The van der Waals surface area contributed by atoms with Gasteiger partial charge in [-0.25, -0.2) is 4.39 Å². The Hall–Kier alpha value is -3.53. The molecule has 1 heterocycles. The number of nitrogens with one attached hydrogen (secondary N) is 2. The van der Waals surface area contributed by atoms with Crippen LogP contribution in [0.3, 0.4) is 0 Å². The van der Waals surface area contributed by atoms with E-state index in [2.05, 4.69) is 10.6 Å². The van der Waals surface area contributed by atoms with Crippen LogP contribution < -0.4 is 20.4 Å². The van der Waals surface area contributed by atoms with Crippen molar-refractivity contribution < 1.29 is 19.1 Å². The lowest BCUT2D eigenvalue weighted by atomic mass is 10.0. The summed E-state index contributed by atoms with van der Waals surface area (Å²) in [6.45, 7) is 0. The molecule has 1 atom stereocenters. The summed E-state index contributed by atoms with van der Waals surface area (Å²) >= 11 is 11.2. The van der Waals surface area contributed by atoms with Crippen molar-refractivity contribution >= 4 is 57.8 Å². The molecule has 0 bridgehead atoms. The van der Waals surface area contributed by atoms with E-state index in [0.29, 0.717) is 34.8 Å². The van der Waals surface area contributed by atoms with Crippen molar-refractivity contribution in [1.82, 2.24) is 5.32 Å². The Morgan fingerprint density at radius 3 is 2.43 bits per heavy atom. The minimum Gasteiger partial charge on any atom is -0.378 e. The average Bonchev–Trinajstić information content (AvgIpc) is 3.07. The van der Waals surface area contributed by atoms with Crippen LogP contribution in [0, 0.1) is 5.82 Å². The monoisotopic (exact) mass is 540 g/mol. The van der Waals surface area contributed by atoms with Crippen molar-refractivity contribution in [3.63, 3.8) is 0 Å². The van der Waals surface area contributed by atoms with Gasteiger partial charge in [0, 0.05) is 30.5 Å². The van der Waals surface area contributed by atoms with Gasteiger partial charge < -0.3 is 20.6 Å². The molecule has 7 nitrogen and oxygen atoms in total. The van der Waals surface area contributed by atoms with Crippen molar-refractivity contribution in [2.75, 3.05) is 29.2 Å². The first-order valence-corrected chi connectivity index (χ1v) is 12.3. The normalized spacial score (nSPS) is 17.1. The van der Waals surface area contributed by atoms with Gasteiger partial charge >= 0.3 is 0 Å². The Kier molecular flexibility index (Phi) is 7.77. The second-order valence-corrected chi connectivity index (χ2v) is 9.82. The van der Waals surface area contributed by atoms with Crippen LogP contribution in [-0.4, -0.2) is 41.9 Å². The number of halogens is 2. The predicted molar refractivity (Wildman–Crippen MR) is 147 cm³/mol. The molecule has 3 aromatic rings. The molecule has 3 N–H and O–H groups in total. The number of benzene rings is 3. The molecule has 2 amide bonds.